The lowest BCUT2D eigenvalue weighted by atomic mass is 9.98. The Kier molecular flexibility index (Phi) is 5.61. The highest BCUT2D eigenvalue weighted by Crippen LogP contribution is 2.14. The van der Waals surface area contributed by atoms with Gasteiger partial charge < -0.3 is 10.1 Å². The van der Waals surface area contributed by atoms with Crippen molar-refractivity contribution in [3.8, 4) is 0 Å². The molecule has 2 atom stereocenters. The number of ether oxygens (including phenoxy) is 1. The van der Waals surface area contributed by atoms with Gasteiger partial charge in [-0.1, -0.05) is 26.3 Å². The number of halogens is 2. The molecule has 6 heteroatoms. The van der Waals surface area contributed by atoms with Crippen LogP contribution in [0.15, 0.2) is 18.2 Å². The summed E-state index contributed by atoms with van der Waals surface area (Å²) in [4.78, 5) is 23.6. The summed E-state index contributed by atoms with van der Waals surface area (Å²) in [5.74, 6) is -4.01. The Morgan fingerprint density at radius 2 is 2.00 bits per heavy atom. The fourth-order valence-electron chi connectivity index (χ4n) is 1.69. The quantitative estimate of drug-likeness (QED) is 0.844. The molecule has 0 heterocycles. The molecule has 1 rings (SSSR count). The van der Waals surface area contributed by atoms with E-state index >= 15 is 0 Å². The van der Waals surface area contributed by atoms with Crippen molar-refractivity contribution in [2.45, 2.75) is 26.3 Å². The van der Waals surface area contributed by atoms with Crippen LogP contribution in [0.3, 0.4) is 0 Å². The van der Waals surface area contributed by atoms with Gasteiger partial charge in [-0.2, -0.15) is 0 Å². The van der Waals surface area contributed by atoms with Gasteiger partial charge in [0.1, 0.15) is 6.04 Å². The largest absolute Gasteiger partial charge is 0.467 e. The maximum absolute atomic E-state index is 13.5. The summed E-state index contributed by atoms with van der Waals surface area (Å²) in [6.45, 7) is 3.60. The van der Waals surface area contributed by atoms with Gasteiger partial charge in [0.05, 0.1) is 12.7 Å². The van der Waals surface area contributed by atoms with Crippen LogP contribution in [-0.2, 0) is 9.53 Å². The molecule has 1 N–H and O–H groups in total. The first-order chi connectivity index (χ1) is 9.42. The van der Waals surface area contributed by atoms with Crippen LogP contribution < -0.4 is 5.32 Å². The highest BCUT2D eigenvalue weighted by Gasteiger charge is 2.28. The molecule has 0 spiro atoms. The van der Waals surface area contributed by atoms with Crippen LogP contribution in [0.5, 0.6) is 0 Å². The van der Waals surface area contributed by atoms with Gasteiger partial charge in [-0.25, -0.2) is 13.6 Å². The second kappa shape index (κ2) is 6.98. The topological polar surface area (TPSA) is 55.4 Å². The van der Waals surface area contributed by atoms with E-state index in [1.54, 1.807) is 6.92 Å². The van der Waals surface area contributed by atoms with Crippen LogP contribution in [-0.4, -0.2) is 25.0 Å². The molecule has 4 nitrogen and oxygen atoms in total. The van der Waals surface area contributed by atoms with Crippen LogP contribution >= 0.6 is 0 Å². The average molecular weight is 285 g/mol. The molecule has 0 saturated heterocycles. The van der Waals surface area contributed by atoms with Gasteiger partial charge in [0.15, 0.2) is 11.6 Å². The average Bonchev–Trinajstić information content (AvgIpc) is 2.45. The Balaban J connectivity index is 2.96. The Morgan fingerprint density at radius 3 is 2.55 bits per heavy atom. The lowest BCUT2D eigenvalue weighted by Crippen LogP contribution is -2.45. The lowest BCUT2D eigenvalue weighted by Gasteiger charge is -2.21. The third-order valence-electron chi connectivity index (χ3n) is 3.15. The number of hydrogen-bond acceptors (Lipinski definition) is 3. The summed E-state index contributed by atoms with van der Waals surface area (Å²) >= 11 is 0. The molecule has 110 valence electrons. The fourth-order valence-corrected chi connectivity index (χ4v) is 1.69. The van der Waals surface area contributed by atoms with Crippen molar-refractivity contribution in [3.05, 3.63) is 35.4 Å². The van der Waals surface area contributed by atoms with Crippen LogP contribution in [0.25, 0.3) is 0 Å². The zero-order chi connectivity index (χ0) is 15.3. The summed E-state index contributed by atoms with van der Waals surface area (Å²) in [6, 6.07) is 2.39. The molecular weight excluding hydrogens is 268 g/mol. The number of rotatable bonds is 5. The maximum atomic E-state index is 13.5. The molecule has 0 aromatic heterocycles. The molecule has 0 saturated carbocycles. The molecule has 1 aromatic carbocycles. The highest BCUT2D eigenvalue weighted by atomic mass is 19.2. The SMILES string of the molecule is CC[C@@H](C)[C@@H](NC(=O)c1cccc(F)c1F)C(=O)OC. The first-order valence-electron chi connectivity index (χ1n) is 6.25. The second-order valence-electron chi connectivity index (χ2n) is 4.46. The van der Waals surface area contributed by atoms with Crippen LogP contribution in [0.4, 0.5) is 8.78 Å². The third kappa shape index (κ3) is 3.53. The number of hydrogen-bond donors (Lipinski definition) is 1. The van der Waals surface area contributed by atoms with Gasteiger partial charge in [-0.3, -0.25) is 4.79 Å². The number of benzene rings is 1. The van der Waals surface area contributed by atoms with Crippen molar-refractivity contribution in [2.75, 3.05) is 7.11 Å². The van der Waals surface area contributed by atoms with Gasteiger partial charge in [-0.05, 0) is 18.1 Å². The van der Waals surface area contributed by atoms with Crippen LogP contribution in [0, 0.1) is 17.6 Å². The second-order valence-corrected chi connectivity index (χ2v) is 4.46. The fraction of sp³-hybridized carbons (Fsp3) is 0.429. The van der Waals surface area contributed by atoms with Gasteiger partial charge in [0.25, 0.3) is 5.91 Å². The van der Waals surface area contributed by atoms with Crippen molar-refractivity contribution < 1.29 is 23.1 Å². The summed E-state index contributed by atoms with van der Waals surface area (Å²) in [7, 11) is 1.20. The number of methoxy groups -OCH3 is 1. The van der Waals surface area contributed by atoms with E-state index in [4.69, 9.17) is 0 Å². The molecule has 0 fully saturated rings. The third-order valence-corrected chi connectivity index (χ3v) is 3.15. The summed E-state index contributed by atoms with van der Waals surface area (Å²) in [6.07, 6.45) is 0.617. The number of esters is 1. The molecular formula is C14H17F2NO3. The van der Waals surface area contributed by atoms with E-state index < -0.39 is 35.1 Å². The Hall–Kier alpha value is -1.98. The minimum Gasteiger partial charge on any atom is -0.467 e. The molecule has 0 aliphatic heterocycles. The molecule has 0 radical (unpaired) electrons. The van der Waals surface area contributed by atoms with Crippen molar-refractivity contribution in [1.29, 1.82) is 0 Å². The predicted octanol–water partition coefficient (Wildman–Crippen LogP) is 2.28. The monoisotopic (exact) mass is 285 g/mol. The minimum absolute atomic E-state index is 0.192. The van der Waals surface area contributed by atoms with E-state index in [1.165, 1.54) is 13.2 Å². The molecule has 0 bridgehead atoms. The Labute approximate surface area is 116 Å². The predicted molar refractivity (Wildman–Crippen MR) is 69.1 cm³/mol. The summed E-state index contributed by atoms with van der Waals surface area (Å²) in [5.41, 5.74) is -0.442. The minimum atomic E-state index is -1.24. The number of carbonyl (C=O) groups excluding carboxylic acids is 2. The van der Waals surface area contributed by atoms with Crippen molar-refractivity contribution in [3.63, 3.8) is 0 Å². The van der Waals surface area contributed by atoms with E-state index in [2.05, 4.69) is 10.1 Å². The van der Waals surface area contributed by atoms with Gasteiger partial charge in [0, 0.05) is 0 Å². The van der Waals surface area contributed by atoms with Gasteiger partial charge in [0.2, 0.25) is 0 Å². The van der Waals surface area contributed by atoms with E-state index in [0.717, 1.165) is 12.1 Å². The zero-order valence-electron chi connectivity index (χ0n) is 11.6. The smallest absolute Gasteiger partial charge is 0.328 e. The molecule has 0 aliphatic rings. The zero-order valence-corrected chi connectivity index (χ0v) is 11.6. The van der Waals surface area contributed by atoms with Crippen LogP contribution in [0.2, 0.25) is 0 Å². The molecule has 0 aliphatic carbocycles. The lowest BCUT2D eigenvalue weighted by molar-refractivity contribution is -0.144. The summed E-state index contributed by atoms with van der Waals surface area (Å²) < 4.78 is 31.2. The van der Waals surface area contributed by atoms with E-state index in [9.17, 15) is 18.4 Å². The molecule has 1 amide bonds. The standard InChI is InChI=1S/C14H17F2NO3/c1-4-8(2)12(14(19)20-3)17-13(18)9-6-5-7-10(15)11(9)16/h5-8,12H,4H2,1-3H3,(H,17,18)/t8-,12-/m1/s1. The highest BCUT2D eigenvalue weighted by molar-refractivity contribution is 5.97. The normalized spacial score (nSPS) is 13.4. The first kappa shape index (κ1) is 16.1. The molecule has 20 heavy (non-hydrogen) atoms. The van der Waals surface area contributed by atoms with E-state index in [0.29, 0.717) is 6.42 Å². The summed E-state index contributed by atoms with van der Waals surface area (Å²) in [5, 5.41) is 2.38. The number of carbonyl (C=O) groups is 2. The van der Waals surface area contributed by atoms with E-state index in [-0.39, 0.29) is 5.92 Å². The molecule has 1 aromatic rings. The van der Waals surface area contributed by atoms with Gasteiger partial charge >= 0.3 is 5.97 Å². The van der Waals surface area contributed by atoms with Crippen LogP contribution in [0.1, 0.15) is 30.6 Å². The Bertz CT molecular complexity index is 505. The van der Waals surface area contributed by atoms with Crippen molar-refractivity contribution >= 4 is 11.9 Å². The van der Waals surface area contributed by atoms with Crippen molar-refractivity contribution in [1.82, 2.24) is 5.32 Å². The first-order valence-corrected chi connectivity index (χ1v) is 6.25. The van der Waals surface area contributed by atoms with Gasteiger partial charge in [-0.15, -0.1) is 0 Å². The number of nitrogens with one attached hydrogen (secondary N) is 1. The maximum Gasteiger partial charge on any atom is 0.328 e. The van der Waals surface area contributed by atoms with Crippen molar-refractivity contribution in [2.24, 2.45) is 5.92 Å². The Morgan fingerprint density at radius 1 is 1.35 bits per heavy atom. The molecule has 0 unspecified atom stereocenters. The van der Waals surface area contributed by atoms with E-state index in [1.807, 2.05) is 6.92 Å². The number of amides is 1.